The molecule has 0 aliphatic rings. The van der Waals surface area contributed by atoms with Gasteiger partial charge < -0.3 is 0 Å². The van der Waals surface area contributed by atoms with E-state index in [-0.39, 0.29) is 5.82 Å². The molecule has 0 unspecified atom stereocenters. The molecule has 2 aromatic rings. The van der Waals surface area contributed by atoms with Gasteiger partial charge in [-0.3, -0.25) is 4.79 Å². The molecule has 0 aliphatic carbocycles. The Bertz CT molecular complexity index is 510. The van der Waals surface area contributed by atoms with E-state index in [1.54, 1.807) is 19.1 Å². The molecule has 0 bridgehead atoms. The van der Waals surface area contributed by atoms with Crippen molar-refractivity contribution in [1.29, 1.82) is 0 Å². The van der Waals surface area contributed by atoms with Crippen LogP contribution in [0.15, 0.2) is 18.2 Å². The monoisotopic (exact) mass is 222 g/mol. The number of nitrogens with zero attached hydrogens (tertiary/aromatic N) is 2. The first-order chi connectivity index (χ1) is 7.22. The Morgan fingerprint density at radius 2 is 2.27 bits per heavy atom. The molecule has 76 valence electrons. The van der Waals surface area contributed by atoms with Crippen LogP contribution in [-0.2, 0) is 0 Å². The molecule has 5 heteroatoms. The predicted molar refractivity (Wildman–Crippen MR) is 55.4 cm³/mol. The van der Waals surface area contributed by atoms with Crippen LogP contribution in [0.2, 0.25) is 0 Å². The van der Waals surface area contributed by atoms with Crippen LogP contribution in [0, 0.1) is 12.7 Å². The van der Waals surface area contributed by atoms with Crippen molar-refractivity contribution in [3.8, 4) is 11.3 Å². The van der Waals surface area contributed by atoms with E-state index >= 15 is 0 Å². The molecule has 15 heavy (non-hydrogen) atoms. The molecule has 0 atom stereocenters. The summed E-state index contributed by atoms with van der Waals surface area (Å²) in [5, 5.41) is 3.84. The second-order valence-corrected chi connectivity index (χ2v) is 3.85. The fraction of sp³-hybridized carbons (Fsp3) is 0.100. The number of aldehydes is 1. The van der Waals surface area contributed by atoms with Crippen LogP contribution in [0.3, 0.4) is 0 Å². The fourth-order valence-electron chi connectivity index (χ4n) is 1.27. The standard InChI is InChI=1S/C10H7FN2OS/c1-6-4-7(2-3-8(6)11)10-9(5-14)15-13-12-10/h2-5H,1H3. The molecule has 0 radical (unpaired) electrons. The summed E-state index contributed by atoms with van der Waals surface area (Å²) >= 11 is 1.03. The van der Waals surface area contributed by atoms with Gasteiger partial charge in [0.25, 0.3) is 0 Å². The zero-order valence-electron chi connectivity index (χ0n) is 7.90. The second-order valence-electron chi connectivity index (χ2n) is 3.07. The average Bonchev–Trinajstić information content (AvgIpc) is 2.70. The van der Waals surface area contributed by atoms with Gasteiger partial charge >= 0.3 is 0 Å². The number of hydrogen-bond acceptors (Lipinski definition) is 4. The van der Waals surface area contributed by atoms with Crippen molar-refractivity contribution in [2.45, 2.75) is 6.92 Å². The zero-order valence-corrected chi connectivity index (χ0v) is 8.71. The Labute approximate surface area is 89.7 Å². The summed E-state index contributed by atoms with van der Waals surface area (Å²) in [4.78, 5) is 11.1. The molecular formula is C10H7FN2OS. The molecule has 0 saturated carbocycles. The minimum absolute atomic E-state index is 0.269. The molecule has 0 spiro atoms. The van der Waals surface area contributed by atoms with Crippen molar-refractivity contribution >= 4 is 17.8 Å². The summed E-state index contributed by atoms with van der Waals surface area (Å²) in [5.74, 6) is -0.269. The highest BCUT2D eigenvalue weighted by atomic mass is 32.1. The molecule has 0 N–H and O–H groups in total. The first kappa shape index (κ1) is 9.92. The summed E-state index contributed by atoms with van der Waals surface area (Å²) in [5.41, 5.74) is 1.75. The normalized spacial score (nSPS) is 10.3. The highest BCUT2D eigenvalue weighted by Crippen LogP contribution is 2.24. The zero-order chi connectivity index (χ0) is 10.8. The number of carbonyl (C=O) groups excluding carboxylic acids is 1. The van der Waals surface area contributed by atoms with Gasteiger partial charge in [-0.25, -0.2) is 4.39 Å². The number of aryl methyl sites for hydroxylation is 1. The number of halogens is 1. The van der Waals surface area contributed by atoms with Gasteiger partial charge in [0.05, 0.1) is 0 Å². The van der Waals surface area contributed by atoms with Crippen molar-refractivity contribution in [1.82, 2.24) is 9.59 Å². The van der Waals surface area contributed by atoms with Gasteiger partial charge in [0.2, 0.25) is 0 Å². The van der Waals surface area contributed by atoms with E-state index in [0.717, 1.165) is 11.5 Å². The van der Waals surface area contributed by atoms with Gasteiger partial charge in [0.1, 0.15) is 16.4 Å². The first-order valence-corrected chi connectivity index (χ1v) is 5.04. The maximum atomic E-state index is 13.0. The first-order valence-electron chi connectivity index (χ1n) is 4.26. The quantitative estimate of drug-likeness (QED) is 0.733. The number of benzene rings is 1. The number of aromatic nitrogens is 2. The lowest BCUT2D eigenvalue weighted by molar-refractivity contribution is 0.112. The Kier molecular flexibility index (Phi) is 2.55. The van der Waals surface area contributed by atoms with Crippen molar-refractivity contribution in [2.75, 3.05) is 0 Å². The Balaban J connectivity index is 2.54. The molecule has 0 saturated heterocycles. The van der Waals surface area contributed by atoms with Crippen LogP contribution >= 0.6 is 11.5 Å². The van der Waals surface area contributed by atoms with Crippen molar-refractivity contribution in [3.63, 3.8) is 0 Å². The van der Waals surface area contributed by atoms with E-state index in [0.29, 0.717) is 28.0 Å². The lowest BCUT2D eigenvalue weighted by Crippen LogP contribution is -1.87. The van der Waals surface area contributed by atoms with E-state index < -0.39 is 0 Å². The third-order valence-corrected chi connectivity index (χ3v) is 2.70. The van der Waals surface area contributed by atoms with Crippen LogP contribution in [0.1, 0.15) is 15.2 Å². The molecule has 3 nitrogen and oxygen atoms in total. The molecule has 1 aromatic heterocycles. The van der Waals surface area contributed by atoms with Crippen molar-refractivity contribution < 1.29 is 9.18 Å². The van der Waals surface area contributed by atoms with E-state index in [2.05, 4.69) is 9.59 Å². The third kappa shape index (κ3) is 1.78. The minimum atomic E-state index is -0.269. The summed E-state index contributed by atoms with van der Waals surface area (Å²) in [7, 11) is 0. The van der Waals surface area contributed by atoms with Gasteiger partial charge in [-0.2, -0.15) is 0 Å². The summed E-state index contributed by atoms with van der Waals surface area (Å²) in [6.45, 7) is 1.67. The number of carbonyl (C=O) groups is 1. The second kappa shape index (κ2) is 3.86. The lowest BCUT2D eigenvalue weighted by atomic mass is 10.1. The van der Waals surface area contributed by atoms with E-state index in [1.807, 2.05) is 0 Å². The SMILES string of the molecule is Cc1cc(-c2nnsc2C=O)ccc1F. The van der Waals surface area contributed by atoms with Crippen LogP contribution in [0.4, 0.5) is 4.39 Å². The van der Waals surface area contributed by atoms with E-state index in [1.165, 1.54) is 6.07 Å². The molecule has 1 heterocycles. The van der Waals surface area contributed by atoms with Gasteiger partial charge in [-0.15, -0.1) is 5.10 Å². The topological polar surface area (TPSA) is 42.9 Å². The third-order valence-electron chi connectivity index (χ3n) is 2.05. The van der Waals surface area contributed by atoms with Crippen LogP contribution in [0.25, 0.3) is 11.3 Å². The van der Waals surface area contributed by atoms with Gasteiger partial charge in [-0.05, 0) is 42.2 Å². The van der Waals surface area contributed by atoms with E-state index in [4.69, 9.17) is 0 Å². The van der Waals surface area contributed by atoms with Crippen LogP contribution in [-0.4, -0.2) is 15.9 Å². The molecular weight excluding hydrogens is 215 g/mol. The van der Waals surface area contributed by atoms with Crippen molar-refractivity contribution in [3.05, 3.63) is 34.5 Å². The molecule has 1 aromatic carbocycles. The van der Waals surface area contributed by atoms with Gasteiger partial charge in [0.15, 0.2) is 6.29 Å². The number of rotatable bonds is 2. The van der Waals surface area contributed by atoms with Crippen molar-refractivity contribution in [2.24, 2.45) is 0 Å². The largest absolute Gasteiger partial charge is 0.297 e. The van der Waals surface area contributed by atoms with Gasteiger partial charge in [-0.1, -0.05) is 4.49 Å². The maximum absolute atomic E-state index is 13.0. The molecule has 0 fully saturated rings. The average molecular weight is 222 g/mol. The van der Waals surface area contributed by atoms with Crippen LogP contribution in [0.5, 0.6) is 0 Å². The van der Waals surface area contributed by atoms with E-state index in [9.17, 15) is 9.18 Å². The maximum Gasteiger partial charge on any atom is 0.163 e. The Hall–Kier alpha value is -1.62. The fourth-order valence-corrected chi connectivity index (χ4v) is 1.77. The highest BCUT2D eigenvalue weighted by Gasteiger charge is 2.10. The number of hydrogen-bond donors (Lipinski definition) is 0. The Morgan fingerprint density at radius 1 is 1.47 bits per heavy atom. The van der Waals surface area contributed by atoms with Gasteiger partial charge in [0, 0.05) is 5.56 Å². The smallest absolute Gasteiger partial charge is 0.163 e. The molecule has 2 rings (SSSR count). The minimum Gasteiger partial charge on any atom is -0.297 e. The Morgan fingerprint density at radius 3 is 2.93 bits per heavy atom. The lowest BCUT2D eigenvalue weighted by Gasteiger charge is -2.00. The predicted octanol–water partition coefficient (Wildman–Crippen LogP) is 2.47. The highest BCUT2D eigenvalue weighted by molar-refractivity contribution is 7.07. The molecule has 0 amide bonds. The summed E-state index contributed by atoms with van der Waals surface area (Å²) in [6.07, 6.45) is 0.707. The summed E-state index contributed by atoms with van der Waals surface area (Å²) < 4.78 is 16.7. The molecule has 0 aliphatic heterocycles. The van der Waals surface area contributed by atoms with Crippen LogP contribution < -0.4 is 0 Å². The summed E-state index contributed by atoms with van der Waals surface area (Å²) in [6, 6.07) is 4.60.